The van der Waals surface area contributed by atoms with Gasteiger partial charge < -0.3 is 9.47 Å². The third kappa shape index (κ3) is 2.09. The van der Waals surface area contributed by atoms with Crippen LogP contribution in [0.4, 0.5) is 0 Å². The first-order chi connectivity index (χ1) is 8.13. The number of rotatable bonds is 3. The quantitative estimate of drug-likeness (QED) is 0.740. The molecular weight excluding hydrogens is 212 g/mol. The van der Waals surface area contributed by atoms with Crippen LogP contribution in [-0.4, -0.2) is 22.4 Å². The predicted octanol–water partition coefficient (Wildman–Crippen LogP) is 2.32. The van der Waals surface area contributed by atoms with Crippen molar-refractivity contribution >= 4 is 16.8 Å². The molecule has 0 aliphatic heterocycles. The van der Waals surface area contributed by atoms with Gasteiger partial charge in [0.25, 0.3) is 0 Å². The molecule has 0 fully saturated rings. The fourth-order valence-corrected chi connectivity index (χ4v) is 2.04. The Morgan fingerprint density at radius 3 is 2.88 bits per heavy atom. The molecule has 3 heteroatoms. The van der Waals surface area contributed by atoms with Crippen LogP contribution in [0.15, 0.2) is 43.1 Å². The van der Waals surface area contributed by atoms with E-state index < -0.39 is 0 Å². The average molecular weight is 228 g/mol. The first-order valence-corrected chi connectivity index (χ1v) is 5.54. The molecule has 0 saturated carbocycles. The summed E-state index contributed by atoms with van der Waals surface area (Å²) in [5.41, 5.74) is 2.34. The number of likely N-dealkylation sites (N-methyl/N-ethyl adjacent to an activating group) is 1. The number of aromatic nitrogens is 1. The Morgan fingerprint density at radius 2 is 2.18 bits per heavy atom. The lowest BCUT2D eigenvalue weighted by molar-refractivity contribution is -0.125. The molecule has 17 heavy (non-hydrogen) atoms. The molecule has 0 unspecified atom stereocenters. The van der Waals surface area contributed by atoms with E-state index in [9.17, 15) is 4.79 Å². The number of aryl methyl sites for hydroxylation is 1. The van der Waals surface area contributed by atoms with Gasteiger partial charge in [-0.1, -0.05) is 24.8 Å². The molecule has 1 heterocycles. The summed E-state index contributed by atoms with van der Waals surface area (Å²) < 4.78 is 2.08. The zero-order chi connectivity index (χ0) is 12.4. The van der Waals surface area contributed by atoms with Gasteiger partial charge in [0.2, 0.25) is 5.91 Å². The van der Waals surface area contributed by atoms with E-state index in [-0.39, 0.29) is 5.91 Å². The lowest BCUT2D eigenvalue weighted by Gasteiger charge is -2.14. The van der Waals surface area contributed by atoms with E-state index in [1.54, 1.807) is 11.9 Å². The van der Waals surface area contributed by atoms with Gasteiger partial charge in [-0.2, -0.15) is 0 Å². The smallest absolute Gasteiger partial charge is 0.245 e. The van der Waals surface area contributed by atoms with Crippen LogP contribution in [0.25, 0.3) is 10.9 Å². The lowest BCUT2D eigenvalue weighted by Crippen LogP contribution is -2.23. The second-order valence-electron chi connectivity index (χ2n) is 4.18. The molecular formula is C14H16N2O. The molecule has 88 valence electrons. The van der Waals surface area contributed by atoms with Crippen LogP contribution in [0, 0.1) is 0 Å². The maximum atomic E-state index is 11.5. The van der Waals surface area contributed by atoms with Crippen LogP contribution >= 0.6 is 0 Å². The highest BCUT2D eigenvalue weighted by atomic mass is 16.2. The van der Waals surface area contributed by atoms with Crippen molar-refractivity contribution < 1.29 is 4.79 Å². The summed E-state index contributed by atoms with van der Waals surface area (Å²) in [6.45, 7) is 4.10. The number of hydrogen-bond donors (Lipinski definition) is 0. The molecule has 0 radical (unpaired) electrons. The van der Waals surface area contributed by atoms with E-state index in [0.717, 1.165) is 5.56 Å². The van der Waals surface area contributed by atoms with Crippen molar-refractivity contribution in [3.05, 3.63) is 48.7 Å². The van der Waals surface area contributed by atoms with Crippen LogP contribution in [0.3, 0.4) is 0 Å². The summed E-state index contributed by atoms with van der Waals surface area (Å²) in [7, 11) is 3.80. The molecule has 0 atom stereocenters. The third-order valence-corrected chi connectivity index (χ3v) is 2.94. The molecule has 1 aromatic heterocycles. The fourth-order valence-electron chi connectivity index (χ4n) is 2.04. The molecule has 2 rings (SSSR count). The van der Waals surface area contributed by atoms with Crippen LogP contribution in [-0.2, 0) is 18.4 Å². The number of amides is 1. The minimum absolute atomic E-state index is 0.0575. The SMILES string of the molecule is C=CC(=O)N(C)Cc1cn(C)c2ccccc12. The highest BCUT2D eigenvalue weighted by Crippen LogP contribution is 2.21. The van der Waals surface area contributed by atoms with Gasteiger partial charge in [0.15, 0.2) is 0 Å². The molecule has 0 bridgehead atoms. The zero-order valence-electron chi connectivity index (χ0n) is 10.2. The van der Waals surface area contributed by atoms with Gasteiger partial charge >= 0.3 is 0 Å². The second kappa shape index (κ2) is 4.45. The van der Waals surface area contributed by atoms with Crippen molar-refractivity contribution in [2.24, 2.45) is 7.05 Å². The Bertz CT molecular complexity index is 569. The Balaban J connectivity index is 2.36. The van der Waals surface area contributed by atoms with Gasteiger partial charge in [0.05, 0.1) is 0 Å². The number of para-hydroxylation sites is 1. The number of carbonyl (C=O) groups is 1. The van der Waals surface area contributed by atoms with Gasteiger partial charge in [-0.15, -0.1) is 0 Å². The molecule has 0 aliphatic carbocycles. The minimum Gasteiger partial charge on any atom is -0.350 e. The first kappa shape index (κ1) is 11.5. The molecule has 0 N–H and O–H groups in total. The van der Waals surface area contributed by atoms with Crippen molar-refractivity contribution in [1.29, 1.82) is 0 Å². The first-order valence-electron chi connectivity index (χ1n) is 5.54. The largest absolute Gasteiger partial charge is 0.350 e. The Labute approximate surface area is 101 Å². The van der Waals surface area contributed by atoms with Crippen molar-refractivity contribution in [2.75, 3.05) is 7.05 Å². The van der Waals surface area contributed by atoms with E-state index in [2.05, 4.69) is 29.5 Å². The molecule has 1 amide bonds. The van der Waals surface area contributed by atoms with Gasteiger partial charge in [-0.3, -0.25) is 4.79 Å². The maximum absolute atomic E-state index is 11.5. The number of fused-ring (bicyclic) bond motifs is 1. The summed E-state index contributed by atoms with van der Waals surface area (Å²) in [4.78, 5) is 13.1. The van der Waals surface area contributed by atoms with Gasteiger partial charge in [0.1, 0.15) is 0 Å². The summed E-state index contributed by atoms with van der Waals surface area (Å²) in [5, 5.41) is 1.19. The van der Waals surface area contributed by atoms with Crippen molar-refractivity contribution in [2.45, 2.75) is 6.54 Å². The highest BCUT2D eigenvalue weighted by Gasteiger charge is 2.10. The summed E-state index contributed by atoms with van der Waals surface area (Å²) in [6, 6.07) is 8.19. The molecule has 0 saturated heterocycles. The standard InChI is InChI=1S/C14H16N2O/c1-4-14(17)16(3)10-11-9-15(2)13-8-6-5-7-12(11)13/h4-9H,1,10H2,2-3H3. The van der Waals surface area contributed by atoms with Crippen molar-refractivity contribution in [3.63, 3.8) is 0 Å². The summed E-state index contributed by atoms with van der Waals surface area (Å²) in [6.07, 6.45) is 3.41. The van der Waals surface area contributed by atoms with Crippen molar-refractivity contribution in [3.8, 4) is 0 Å². The van der Waals surface area contributed by atoms with Crippen LogP contribution in [0.5, 0.6) is 0 Å². The third-order valence-electron chi connectivity index (χ3n) is 2.94. The Morgan fingerprint density at radius 1 is 1.47 bits per heavy atom. The Kier molecular flexibility index (Phi) is 3.00. The summed E-state index contributed by atoms with van der Waals surface area (Å²) >= 11 is 0. The molecule has 0 spiro atoms. The zero-order valence-corrected chi connectivity index (χ0v) is 10.2. The van der Waals surface area contributed by atoms with Crippen LogP contribution in [0.1, 0.15) is 5.56 Å². The predicted molar refractivity (Wildman–Crippen MR) is 69.6 cm³/mol. The van der Waals surface area contributed by atoms with E-state index in [1.165, 1.54) is 17.0 Å². The monoisotopic (exact) mass is 228 g/mol. The number of carbonyl (C=O) groups excluding carboxylic acids is 1. The fraction of sp³-hybridized carbons (Fsp3) is 0.214. The Hall–Kier alpha value is -2.03. The number of hydrogen-bond acceptors (Lipinski definition) is 1. The van der Waals surface area contributed by atoms with Crippen LogP contribution < -0.4 is 0 Å². The van der Waals surface area contributed by atoms with E-state index >= 15 is 0 Å². The number of nitrogens with zero attached hydrogens (tertiary/aromatic N) is 2. The van der Waals surface area contributed by atoms with Gasteiger partial charge in [0, 0.05) is 37.7 Å². The molecule has 2 aromatic rings. The molecule has 1 aromatic carbocycles. The summed E-state index contributed by atoms with van der Waals surface area (Å²) in [5.74, 6) is -0.0575. The normalized spacial score (nSPS) is 10.5. The van der Waals surface area contributed by atoms with E-state index in [0.29, 0.717) is 6.54 Å². The molecule has 3 nitrogen and oxygen atoms in total. The average Bonchev–Trinajstić information content (AvgIpc) is 2.66. The van der Waals surface area contributed by atoms with E-state index in [4.69, 9.17) is 0 Å². The van der Waals surface area contributed by atoms with Crippen molar-refractivity contribution in [1.82, 2.24) is 9.47 Å². The second-order valence-corrected chi connectivity index (χ2v) is 4.18. The minimum atomic E-state index is -0.0575. The lowest BCUT2D eigenvalue weighted by atomic mass is 10.1. The highest BCUT2D eigenvalue weighted by molar-refractivity contribution is 5.88. The topological polar surface area (TPSA) is 25.2 Å². The van der Waals surface area contributed by atoms with Gasteiger partial charge in [-0.25, -0.2) is 0 Å². The number of benzene rings is 1. The van der Waals surface area contributed by atoms with Crippen LogP contribution in [0.2, 0.25) is 0 Å². The van der Waals surface area contributed by atoms with E-state index in [1.807, 2.05) is 19.2 Å². The maximum Gasteiger partial charge on any atom is 0.245 e. The molecule has 0 aliphatic rings. The van der Waals surface area contributed by atoms with Gasteiger partial charge in [-0.05, 0) is 17.7 Å².